The fraction of sp³-hybridized carbons (Fsp3) is 0.333. The van der Waals surface area contributed by atoms with E-state index in [-0.39, 0.29) is 30.8 Å². The van der Waals surface area contributed by atoms with Crippen molar-refractivity contribution in [2.75, 3.05) is 27.2 Å². The number of carbonyl (C=O) groups excluding carboxylic acids is 2. The van der Waals surface area contributed by atoms with Crippen LogP contribution in [-0.2, 0) is 4.79 Å². The summed E-state index contributed by atoms with van der Waals surface area (Å²) in [5.41, 5.74) is 0.402. The highest BCUT2D eigenvalue weighted by Crippen LogP contribution is 2.14. The minimum absolute atomic E-state index is 0.0386. The Kier molecular flexibility index (Phi) is 7.03. The largest absolute Gasteiger partial charge is 0.463 e. The van der Waals surface area contributed by atoms with Gasteiger partial charge in [0.1, 0.15) is 0 Å². The molecule has 134 valence electrons. The van der Waals surface area contributed by atoms with Gasteiger partial charge in [-0.05, 0) is 24.3 Å². The highest BCUT2D eigenvalue weighted by atomic mass is 35.5. The van der Waals surface area contributed by atoms with Gasteiger partial charge in [0.05, 0.1) is 37.5 Å². The number of likely N-dealkylation sites (N-methyl/N-ethyl adjacent to an activating group) is 1. The fourth-order valence-corrected chi connectivity index (χ4v) is 2.63. The van der Waals surface area contributed by atoms with E-state index in [2.05, 4.69) is 10.6 Å². The Hall–Kier alpha value is -2.31. The van der Waals surface area contributed by atoms with E-state index in [1.54, 1.807) is 30.5 Å². The Morgan fingerprint density at radius 2 is 1.92 bits per heavy atom. The normalized spacial score (nSPS) is 12.0. The lowest BCUT2D eigenvalue weighted by Gasteiger charge is -2.19. The van der Waals surface area contributed by atoms with Crippen molar-refractivity contribution < 1.29 is 18.9 Å². The third kappa shape index (κ3) is 5.62. The molecule has 0 saturated carbocycles. The van der Waals surface area contributed by atoms with E-state index in [9.17, 15) is 9.59 Å². The van der Waals surface area contributed by atoms with Crippen LogP contribution in [0.2, 0.25) is 5.02 Å². The molecule has 2 rings (SSSR count). The van der Waals surface area contributed by atoms with Crippen LogP contribution < -0.4 is 15.5 Å². The Labute approximate surface area is 152 Å². The van der Waals surface area contributed by atoms with Crippen molar-refractivity contribution in [2.24, 2.45) is 0 Å². The molecule has 25 heavy (non-hydrogen) atoms. The number of rotatable bonds is 8. The Balaban J connectivity index is 1.75. The number of hydrogen-bond acceptors (Lipinski definition) is 3. The minimum atomic E-state index is -0.287. The third-order valence-corrected chi connectivity index (χ3v) is 4.17. The van der Waals surface area contributed by atoms with Gasteiger partial charge in [-0.15, -0.1) is 0 Å². The summed E-state index contributed by atoms with van der Waals surface area (Å²) in [6.45, 7) is 0.712. The van der Waals surface area contributed by atoms with Crippen molar-refractivity contribution in [3.8, 4) is 0 Å². The van der Waals surface area contributed by atoms with Crippen LogP contribution in [-0.4, -0.2) is 39.0 Å². The summed E-state index contributed by atoms with van der Waals surface area (Å²) < 4.78 is 5.42. The lowest BCUT2D eigenvalue weighted by atomic mass is 10.2. The van der Waals surface area contributed by atoms with Gasteiger partial charge in [-0.2, -0.15) is 0 Å². The van der Waals surface area contributed by atoms with Crippen LogP contribution in [0.15, 0.2) is 47.1 Å². The van der Waals surface area contributed by atoms with Crippen molar-refractivity contribution in [3.05, 3.63) is 59.0 Å². The van der Waals surface area contributed by atoms with Gasteiger partial charge in [0.25, 0.3) is 5.91 Å². The predicted octanol–water partition coefficient (Wildman–Crippen LogP) is 1.05. The molecule has 0 aliphatic carbocycles. The lowest BCUT2D eigenvalue weighted by molar-refractivity contribution is -0.891. The van der Waals surface area contributed by atoms with Gasteiger partial charge in [0.15, 0.2) is 11.8 Å². The van der Waals surface area contributed by atoms with Crippen molar-refractivity contribution in [2.45, 2.75) is 12.5 Å². The summed E-state index contributed by atoms with van der Waals surface area (Å²) in [5, 5.41) is 5.97. The van der Waals surface area contributed by atoms with Gasteiger partial charge >= 0.3 is 0 Å². The van der Waals surface area contributed by atoms with Crippen LogP contribution in [0.5, 0.6) is 0 Å². The number of benzene rings is 1. The molecule has 0 spiro atoms. The molecule has 0 aliphatic heterocycles. The van der Waals surface area contributed by atoms with Crippen molar-refractivity contribution in [1.29, 1.82) is 0 Å². The lowest BCUT2D eigenvalue weighted by Crippen LogP contribution is -3.07. The number of carbonyl (C=O) groups is 2. The number of nitrogens with one attached hydrogen (secondary N) is 3. The quantitative estimate of drug-likeness (QED) is 0.655. The molecule has 1 aromatic heterocycles. The maximum atomic E-state index is 12.0. The first-order chi connectivity index (χ1) is 12.0. The van der Waals surface area contributed by atoms with Crippen molar-refractivity contribution in [1.82, 2.24) is 10.6 Å². The first kappa shape index (κ1) is 19.0. The molecule has 6 nitrogen and oxygen atoms in total. The molecule has 0 unspecified atom stereocenters. The molecular weight excluding hydrogens is 342 g/mol. The molecule has 1 heterocycles. The second-order valence-corrected chi connectivity index (χ2v) is 6.34. The molecule has 0 fully saturated rings. The van der Waals surface area contributed by atoms with E-state index in [1.165, 1.54) is 0 Å². The molecule has 3 N–H and O–H groups in total. The summed E-state index contributed by atoms with van der Waals surface area (Å²) in [6, 6.07) is 10.6. The molecule has 1 aromatic carbocycles. The first-order valence-electron chi connectivity index (χ1n) is 8.12. The van der Waals surface area contributed by atoms with Crippen LogP contribution in [0, 0.1) is 0 Å². The van der Waals surface area contributed by atoms with Crippen LogP contribution in [0.3, 0.4) is 0 Å². The van der Waals surface area contributed by atoms with Crippen LogP contribution in [0.1, 0.15) is 28.6 Å². The van der Waals surface area contributed by atoms with E-state index >= 15 is 0 Å². The number of hydrogen-bond donors (Lipinski definition) is 3. The molecule has 0 aliphatic rings. The smallest absolute Gasteiger partial charge is 0.252 e. The SMILES string of the molecule is C[NH+](C)[C@H](CNC(=O)CCNC(=O)c1ccccc1Cl)c1ccco1. The first-order valence-corrected chi connectivity index (χ1v) is 8.49. The molecule has 1 atom stereocenters. The standard InChI is InChI=1S/C18H22ClN3O3/c1-22(2)15(16-8-5-11-25-16)12-21-17(23)9-10-20-18(24)13-6-3-4-7-14(13)19/h3-8,11,15H,9-10,12H2,1-2H3,(H,20,24)(H,21,23)/p+1/t15-/m1/s1. The zero-order valence-electron chi connectivity index (χ0n) is 14.3. The van der Waals surface area contributed by atoms with Gasteiger partial charge in [0.2, 0.25) is 5.91 Å². The number of amides is 2. The summed E-state index contributed by atoms with van der Waals surface area (Å²) >= 11 is 5.97. The second kappa shape index (κ2) is 9.25. The number of furan rings is 1. The van der Waals surface area contributed by atoms with Crippen LogP contribution in [0.4, 0.5) is 0 Å². The third-order valence-electron chi connectivity index (χ3n) is 3.84. The predicted molar refractivity (Wildman–Crippen MR) is 95.7 cm³/mol. The van der Waals surface area contributed by atoms with E-state index in [1.807, 2.05) is 26.2 Å². The number of halogens is 1. The average molecular weight is 365 g/mol. The Morgan fingerprint density at radius 3 is 2.56 bits per heavy atom. The highest BCUT2D eigenvalue weighted by Gasteiger charge is 2.21. The fourth-order valence-electron chi connectivity index (χ4n) is 2.41. The monoisotopic (exact) mass is 364 g/mol. The molecule has 0 bridgehead atoms. The minimum Gasteiger partial charge on any atom is -0.463 e. The summed E-state index contributed by atoms with van der Waals surface area (Å²) in [4.78, 5) is 25.2. The molecule has 2 aromatic rings. The van der Waals surface area contributed by atoms with Gasteiger partial charge < -0.3 is 20.0 Å². The zero-order valence-corrected chi connectivity index (χ0v) is 15.1. The second-order valence-electron chi connectivity index (χ2n) is 5.94. The van der Waals surface area contributed by atoms with Crippen molar-refractivity contribution >= 4 is 23.4 Å². The zero-order chi connectivity index (χ0) is 18.2. The Morgan fingerprint density at radius 1 is 1.16 bits per heavy atom. The molecule has 2 amide bonds. The maximum absolute atomic E-state index is 12.0. The molecule has 0 saturated heterocycles. The number of quaternary nitrogens is 1. The van der Waals surface area contributed by atoms with Crippen LogP contribution in [0.25, 0.3) is 0 Å². The summed E-state index contributed by atoms with van der Waals surface area (Å²) in [5.74, 6) is 0.411. The van der Waals surface area contributed by atoms with E-state index < -0.39 is 0 Å². The van der Waals surface area contributed by atoms with Crippen molar-refractivity contribution in [3.63, 3.8) is 0 Å². The molecule has 0 radical (unpaired) electrons. The Bertz CT molecular complexity index is 701. The van der Waals surface area contributed by atoms with Gasteiger partial charge in [0, 0.05) is 13.0 Å². The van der Waals surface area contributed by atoms with Gasteiger partial charge in [-0.1, -0.05) is 23.7 Å². The highest BCUT2D eigenvalue weighted by molar-refractivity contribution is 6.33. The van der Waals surface area contributed by atoms with Crippen LogP contribution >= 0.6 is 11.6 Å². The van der Waals surface area contributed by atoms with E-state index in [0.29, 0.717) is 17.1 Å². The molecular formula is C18H23ClN3O3+. The summed E-state index contributed by atoms with van der Waals surface area (Å²) in [6.07, 6.45) is 1.82. The van der Waals surface area contributed by atoms with Gasteiger partial charge in [-0.3, -0.25) is 9.59 Å². The topological polar surface area (TPSA) is 75.8 Å². The summed E-state index contributed by atoms with van der Waals surface area (Å²) in [7, 11) is 4.01. The maximum Gasteiger partial charge on any atom is 0.252 e. The molecule has 7 heteroatoms. The van der Waals surface area contributed by atoms with E-state index in [4.69, 9.17) is 16.0 Å². The van der Waals surface area contributed by atoms with E-state index in [0.717, 1.165) is 10.7 Å². The average Bonchev–Trinajstić information content (AvgIpc) is 3.09. The van der Waals surface area contributed by atoms with Gasteiger partial charge in [-0.25, -0.2) is 0 Å².